The Kier molecular flexibility index (Phi) is 7.29. The molecule has 1 aliphatic heterocycles. The topological polar surface area (TPSA) is 88.4 Å². The van der Waals surface area contributed by atoms with E-state index in [2.05, 4.69) is 5.32 Å². The normalized spacial score (nSPS) is 13.4. The highest BCUT2D eigenvalue weighted by atomic mass is 32.2. The Morgan fingerprint density at radius 2 is 1.90 bits per heavy atom. The molecule has 0 saturated carbocycles. The molecule has 0 atom stereocenters. The summed E-state index contributed by atoms with van der Waals surface area (Å²) in [6, 6.07) is 1.88. The first kappa shape index (κ1) is 16.1. The highest BCUT2D eigenvalue weighted by molar-refractivity contribution is 7.98. The van der Waals surface area contributed by atoms with Crippen molar-refractivity contribution in [2.45, 2.75) is 12.8 Å². The van der Waals surface area contributed by atoms with E-state index in [9.17, 15) is 9.59 Å². The minimum Gasteiger partial charge on any atom is -0.461 e. The number of hydrogen-bond donors (Lipinski definition) is 1. The largest absolute Gasteiger partial charge is 0.461 e. The third kappa shape index (κ3) is 5.36. The fourth-order valence-electron chi connectivity index (χ4n) is 1.40. The number of dihydropyridines is 1. The second kappa shape index (κ2) is 9.04. The quantitative estimate of drug-likeness (QED) is 0.556. The Hall–Kier alpha value is -1.94. The first-order valence-corrected chi connectivity index (χ1v) is 7.42. The number of rotatable bonds is 7. The van der Waals surface area contributed by atoms with Crippen LogP contribution in [0.25, 0.3) is 0 Å². The lowest BCUT2D eigenvalue weighted by Crippen LogP contribution is -2.20. The smallest absolute Gasteiger partial charge is 0.335 e. The molecule has 0 aliphatic carbocycles. The van der Waals surface area contributed by atoms with Crippen LogP contribution in [0.3, 0.4) is 0 Å². The summed E-state index contributed by atoms with van der Waals surface area (Å²) in [4.78, 5) is 23.4. The van der Waals surface area contributed by atoms with Crippen molar-refractivity contribution in [1.82, 2.24) is 5.32 Å². The van der Waals surface area contributed by atoms with E-state index >= 15 is 0 Å². The molecular formula is C13H16N2O4S. The van der Waals surface area contributed by atoms with E-state index in [0.29, 0.717) is 17.8 Å². The van der Waals surface area contributed by atoms with E-state index in [1.807, 2.05) is 12.3 Å². The average molecular weight is 296 g/mol. The van der Waals surface area contributed by atoms with Crippen LogP contribution in [0.4, 0.5) is 0 Å². The molecule has 0 aromatic rings. The van der Waals surface area contributed by atoms with Gasteiger partial charge < -0.3 is 14.8 Å². The minimum absolute atomic E-state index is 0.0455. The van der Waals surface area contributed by atoms with Gasteiger partial charge in [0.2, 0.25) is 0 Å². The zero-order valence-electron chi connectivity index (χ0n) is 11.2. The van der Waals surface area contributed by atoms with Crippen molar-refractivity contribution in [3.63, 3.8) is 0 Å². The van der Waals surface area contributed by atoms with Gasteiger partial charge in [-0.05, 0) is 6.26 Å². The van der Waals surface area contributed by atoms with E-state index < -0.39 is 11.9 Å². The number of nitrogens with one attached hydrogen (secondary N) is 1. The van der Waals surface area contributed by atoms with Gasteiger partial charge >= 0.3 is 11.9 Å². The molecule has 20 heavy (non-hydrogen) atoms. The van der Waals surface area contributed by atoms with Crippen LogP contribution in [-0.4, -0.2) is 37.2 Å². The molecule has 108 valence electrons. The summed E-state index contributed by atoms with van der Waals surface area (Å²) in [6.07, 6.45) is 5.22. The number of thioether (sulfide) groups is 1. The fourth-order valence-corrected chi connectivity index (χ4v) is 1.65. The molecule has 0 spiro atoms. The van der Waals surface area contributed by atoms with Gasteiger partial charge in [-0.2, -0.15) is 17.0 Å². The second-order valence-electron chi connectivity index (χ2n) is 3.86. The van der Waals surface area contributed by atoms with Gasteiger partial charge in [-0.3, -0.25) is 0 Å². The van der Waals surface area contributed by atoms with Crippen molar-refractivity contribution in [3.05, 3.63) is 23.5 Å². The maximum absolute atomic E-state index is 11.7. The van der Waals surface area contributed by atoms with E-state index in [4.69, 9.17) is 14.7 Å². The SMILES string of the molecule is CSCCOC(=O)C1=CNC=C(C(=O)OCCC#N)C1. The fraction of sp³-hybridized carbons (Fsp3) is 0.462. The number of carbonyl (C=O) groups excluding carboxylic acids is 2. The van der Waals surface area contributed by atoms with E-state index in [1.165, 1.54) is 12.4 Å². The van der Waals surface area contributed by atoms with Crippen molar-refractivity contribution < 1.29 is 19.1 Å². The summed E-state index contributed by atoms with van der Waals surface area (Å²) in [5, 5.41) is 11.1. The van der Waals surface area contributed by atoms with E-state index in [1.54, 1.807) is 11.8 Å². The van der Waals surface area contributed by atoms with Gasteiger partial charge in [0.15, 0.2) is 0 Å². The maximum Gasteiger partial charge on any atom is 0.335 e. The summed E-state index contributed by atoms with van der Waals surface area (Å²) in [7, 11) is 0. The Morgan fingerprint density at radius 1 is 1.30 bits per heavy atom. The van der Waals surface area contributed by atoms with Crippen molar-refractivity contribution in [1.29, 1.82) is 5.26 Å². The highest BCUT2D eigenvalue weighted by Crippen LogP contribution is 2.17. The van der Waals surface area contributed by atoms with Gasteiger partial charge in [-0.15, -0.1) is 0 Å². The Balaban J connectivity index is 2.44. The molecule has 1 aliphatic rings. The lowest BCUT2D eigenvalue weighted by molar-refractivity contribution is -0.139. The third-order valence-electron chi connectivity index (χ3n) is 2.39. The number of carbonyl (C=O) groups is 2. The Labute approximate surface area is 121 Å². The van der Waals surface area contributed by atoms with E-state index in [0.717, 1.165) is 5.75 Å². The molecule has 0 fully saturated rings. The molecule has 1 heterocycles. The van der Waals surface area contributed by atoms with Crippen molar-refractivity contribution >= 4 is 23.7 Å². The standard InChI is InChI=1S/C13H16N2O4S/c1-20-6-5-19-13(17)11-7-10(8-15-9-11)12(16)18-4-2-3-14/h8-9,15H,2,4-7H2,1H3. The molecule has 0 aromatic heterocycles. The lowest BCUT2D eigenvalue weighted by Gasteiger charge is -2.14. The van der Waals surface area contributed by atoms with Crippen LogP contribution in [0.5, 0.6) is 0 Å². The third-order valence-corrected chi connectivity index (χ3v) is 2.96. The summed E-state index contributed by atoms with van der Waals surface area (Å²) in [5.41, 5.74) is 0.711. The van der Waals surface area contributed by atoms with Crippen LogP contribution in [0.15, 0.2) is 23.5 Å². The molecule has 0 unspecified atom stereocenters. The monoisotopic (exact) mass is 296 g/mol. The number of nitrogens with zero attached hydrogens (tertiary/aromatic N) is 1. The summed E-state index contributed by atoms with van der Waals surface area (Å²) in [5.74, 6) is -0.247. The van der Waals surface area contributed by atoms with Gasteiger partial charge in [0, 0.05) is 24.6 Å². The summed E-state index contributed by atoms with van der Waals surface area (Å²) < 4.78 is 9.95. The van der Waals surface area contributed by atoms with Gasteiger partial charge in [-0.1, -0.05) is 0 Å². The van der Waals surface area contributed by atoms with Crippen LogP contribution < -0.4 is 5.32 Å². The molecule has 6 nitrogen and oxygen atoms in total. The Morgan fingerprint density at radius 3 is 2.45 bits per heavy atom. The van der Waals surface area contributed by atoms with Crippen LogP contribution in [0, 0.1) is 11.3 Å². The predicted molar refractivity (Wildman–Crippen MR) is 74.4 cm³/mol. The molecule has 0 aromatic carbocycles. The van der Waals surface area contributed by atoms with Crippen molar-refractivity contribution in [3.8, 4) is 6.07 Å². The first-order chi connectivity index (χ1) is 9.69. The maximum atomic E-state index is 11.7. The molecule has 7 heteroatoms. The van der Waals surface area contributed by atoms with E-state index in [-0.39, 0.29) is 19.4 Å². The Bertz CT molecular complexity index is 465. The summed E-state index contributed by atoms with van der Waals surface area (Å²) >= 11 is 1.58. The molecular weight excluding hydrogens is 280 g/mol. The second-order valence-corrected chi connectivity index (χ2v) is 4.84. The molecule has 0 saturated heterocycles. The number of ether oxygens (including phenoxy) is 2. The number of nitriles is 1. The van der Waals surface area contributed by atoms with Crippen LogP contribution in [0.2, 0.25) is 0 Å². The summed E-state index contributed by atoms with van der Waals surface area (Å²) in [6.45, 7) is 0.382. The number of esters is 2. The van der Waals surface area contributed by atoms with Crippen LogP contribution in [0.1, 0.15) is 12.8 Å². The zero-order chi connectivity index (χ0) is 14.8. The molecule has 0 radical (unpaired) electrons. The van der Waals surface area contributed by atoms with Gasteiger partial charge in [0.25, 0.3) is 0 Å². The van der Waals surface area contributed by atoms with Crippen molar-refractivity contribution in [2.24, 2.45) is 0 Å². The minimum atomic E-state index is -0.532. The lowest BCUT2D eigenvalue weighted by atomic mass is 10.1. The molecule has 1 N–H and O–H groups in total. The predicted octanol–water partition coefficient (Wildman–Crippen LogP) is 1.11. The van der Waals surface area contributed by atoms with Crippen LogP contribution in [-0.2, 0) is 19.1 Å². The average Bonchev–Trinajstić information content (AvgIpc) is 2.47. The van der Waals surface area contributed by atoms with Gasteiger partial charge in [0.1, 0.15) is 13.2 Å². The van der Waals surface area contributed by atoms with Crippen LogP contribution >= 0.6 is 11.8 Å². The highest BCUT2D eigenvalue weighted by Gasteiger charge is 2.21. The molecule has 1 rings (SSSR count). The molecule has 0 amide bonds. The first-order valence-electron chi connectivity index (χ1n) is 6.03. The molecule has 0 bridgehead atoms. The van der Waals surface area contributed by atoms with Gasteiger partial charge in [0.05, 0.1) is 23.6 Å². The van der Waals surface area contributed by atoms with Gasteiger partial charge in [-0.25, -0.2) is 9.59 Å². The number of hydrogen-bond acceptors (Lipinski definition) is 7. The van der Waals surface area contributed by atoms with Crippen molar-refractivity contribution in [2.75, 3.05) is 25.2 Å². The zero-order valence-corrected chi connectivity index (χ0v) is 12.0.